The van der Waals surface area contributed by atoms with Gasteiger partial charge in [0.25, 0.3) is 0 Å². The van der Waals surface area contributed by atoms with Crippen molar-refractivity contribution in [3.63, 3.8) is 0 Å². The molecular formula is C18H16Cl2N4O2S. The summed E-state index contributed by atoms with van der Waals surface area (Å²) >= 11 is 17.4. The van der Waals surface area contributed by atoms with E-state index in [0.717, 1.165) is 11.1 Å². The van der Waals surface area contributed by atoms with Gasteiger partial charge in [-0.05, 0) is 55.0 Å². The first-order valence-corrected chi connectivity index (χ1v) is 9.24. The van der Waals surface area contributed by atoms with Crippen LogP contribution in [0.1, 0.15) is 18.1 Å². The lowest BCUT2D eigenvalue weighted by atomic mass is 10.2. The molecule has 2 aromatic carbocycles. The Hall–Kier alpha value is -2.35. The lowest BCUT2D eigenvalue weighted by Gasteiger charge is -2.14. The molecule has 0 saturated carbocycles. The smallest absolute Gasteiger partial charge is 0.216 e. The van der Waals surface area contributed by atoms with Crippen molar-refractivity contribution in [2.24, 2.45) is 5.10 Å². The molecule has 0 fully saturated rings. The van der Waals surface area contributed by atoms with Crippen molar-refractivity contribution < 1.29 is 9.47 Å². The zero-order valence-electron chi connectivity index (χ0n) is 14.4. The van der Waals surface area contributed by atoms with Crippen molar-refractivity contribution in [2.45, 2.75) is 13.5 Å². The average molecular weight is 423 g/mol. The van der Waals surface area contributed by atoms with Gasteiger partial charge in [-0.2, -0.15) is 14.9 Å². The summed E-state index contributed by atoms with van der Waals surface area (Å²) in [6.07, 6.45) is 3.15. The Balaban J connectivity index is 1.80. The molecule has 9 heteroatoms. The summed E-state index contributed by atoms with van der Waals surface area (Å²) in [4.78, 5) is 0. The molecule has 1 aromatic heterocycles. The van der Waals surface area contributed by atoms with Gasteiger partial charge in [-0.15, -0.1) is 0 Å². The van der Waals surface area contributed by atoms with Crippen LogP contribution in [0.25, 0.3) is 0 Å². The van der Waals surface area contributed by atoms with Crippen molar-refractivity contribution in [1.82, 2.24) is 14.9 Å². The number of rotatable bonds is 7. The van der Waals surface area contributed by atoms with Gasteiger partial charge in [-0.3, -0.25) is 5.10 Å². The van der Waals surface area contributed by atoms with Crippen LogP contribution in [0.15, 0.2) is 47.8 Å². The second-order valence-corrected chi connectivity index (χ2v) is 6.58. The van der Waals surface area contributed by atoms with Gasteiger partial charge >= 0.3 is 0 Å². The SMILES string of the molecule is CCOc1cc(/C=N\n2cn[nH]c2=S)ccc1OCc1c(Cl)cccc1Cl. The summed E-state index contributed by atoms with van der Waals surface area (Å²) in [6.45, 7) is 2.63. The van der Waals surface area contributed by atoms with E-state index in [0.29, 0.717) is 32.9 Å². The fourth-order valence-corrected chi connectivity index (χ4v) is 2.92. The van der Waals surface area contributed by atoms with E-state index < -0.39 is 0 Å². The Kier molecular flexibility index (Phi) is 6.49. The molecule has 1 heterocycles. The second kappa shape index (κ2) is 9.03. The summed E-state index contributed by atoms with van der Waals surface area (Å²) in [5, 5.41) is 11.8. The lowest BCUT2D eigenvalue weighted by Crippen LogP contribution is -2.01. The van der Waals surface area contributed by atoms with Crippen LogP contribution in [0.2, 0.25) is 10.0 Å². The molecule has 0 unspecified atom stereocenters. The fourth-order valence-electron chi connectivity index (χ4n) is 2.27. The Labute approximate surface area is 171 Å². The highest BCUT2D eigenvalue weighted by Crippen LogP contribution is 2.31. The monoisotopic (exact) mass is 422 g/mol. The Bertz CT molecular complexity index is 996. The second-order valence-electron chi connectivity index (χ2n) is 5.38. The number of H-pyrrole nitrogens is 1. The lowest BCUT2D eigenvalue weighted by molar-refractivity contribution is 0.269. The van der Waals surface area contributed by atoms with Crippen molar-refractivity contribution in [2.75, 3.05) is 6.61 Å². The van der Waals surface area contributed by atoms with E-state index in [1.54, 1.807) is 24.4 Å². The summed E-state index contributed by atoms with van der Waals surface area (Å²) < 4.78 is 13.4. The van der Waals surface area contributed by atoms with Gasteiger partial charge in [0.1, 0.15) is 12.9 Å². The van der Waals surface area contributed by atoms with Gasteiger partial charge in [-0.1, -0.05) is 29.3 Å². The Morgan fingerprint density at radius 3 is 2.63 bits per heavy atom. The molecule has 0 radical (unpaired) electrons. The minimum Gasteiger partial charge on any atom is -0.490 e. The van der Waals surface area contributed by atoms with Crippen molar-refractivity contribution in [1.29, 1.82) is 0 Å². The third-order valence-corrected chi connectivity index (χ3v) is 4.55. The molecule has 3 rings (SSSR count). The highest BCUT2D eigenvalue weighted by molar-refractivity contribution is 7.71. The molecule has 0 aliphatic carbocycles. The van der Waals surface area contributed by atoms with Crippen LogP contribution >= 0.6 is 35.4 Å². The Morgan fingerprint density at radius 1 is 1.19 bits per heavy atom. The average Bonchev–Trinajstić information content (AvgIpc) is 3.06. The molecule has 0 amide bonds. The van der Waals surface area contributed by atoms with Gasteiger partial charge in [0.2, 0.25) is 4.77 Å². The Morgan fingerprint density at radius 2 is 1.96 bits per heavy atom. The van der Waals surface area contributed by atoms with E-state index in [9.17, 15) is 0 Å². The van der Waals surface area contributed by atoms with Crippen LogP contribution in [-0.2, 0) is 6.61 Å². The minimum atomic E-state index is 0.232. The predicted octanol–water partition coefficient (Wildman–Crippen LogP) is 5.11. The zero-order valence-corrected chi connectivity index (χ0v) is 16.7. The third-order valence-electron chi connectivity index (χ3n) is 3.57. The van der Waals surface area contributed by atoms with Crippen molar-refractivity contribution >= 4 is 41.6 Å². The van der Waals surface area contributed by atoms with E-state index in [1.807, 2.05) is 25.1 Å². The largest absolute Gasteiger partial charge is 0.490 e. The first-order valence-electron chi connectivity index (χ1n) is 8.07. The molecule has 0 saturated heterocycles. The maximum absolute atomic E-state index is 6.19. The predicted molar refractivity (Wildman–Crippen MR) is 109 cm³/mol. The normalized spacial score (nSPS) is 11.1. The van der Waals surface area contributed by atoms with E-state index in [-0.39, 0.29) is 6.61 Å². The number of aromatic amines is 1. The molecule has 6 nitrogen and oxygen atoms in total. The number of nitrogens with one attached hydrogen (secondary N) is 1. The summed E-state index contributed by atoms with van der Waals surface area (Å²) in [6, 6.07) is 10.8. The summed E-state index contributed by atoms with van der Waals surface area (Å²) in [7, 11) is 0. The summed E-state index contributed by atoms with van der Waals surface area (Å²) in [5.41, 5.74) is 1.55. The highest BCUT2D eigenvalue weighted by Gasteiger charge is 2.10. The van der Waals surface area contributed by atoms with E-state index >= 15 is 0 Å². The number of halogens is 2. The van der Waals surface area contributed by atoms with E-state index in [2.05, 4.69) is 15.3 Å². The molecule has 0 aliphatic rings. The molecule has 1 N–H and O–H groups in total. The first-order chi connectivity index (χ1) is 13.1. The molecule has 3 aromatic rings. The molecule has 0 aliphatic heterocycles. The number of nitrogens with zero attached hydrogens (tertiary/aromatic N) is 3. The van der Waals surface area contributed by atoms with Crippen molar-refractivity contribution in [3.8, 4) is 11.5 Å². The molecular weight excluding hydrogens is 407 g/mol. The van der Waals surface area contributed by atoms with Crippen LogP contribution in [0.4, 0.5) is 0 Å². The maximum atomic E-state index is 6.19. The molecule has 140 valence electrons. The van der Waals surface area contributed by atoms with E-state index in [4.69, 9.17) is 44.9 Å². The zero-order chi connectivity index (χ0) is 19.2. The number of hydrogen-bond donors (Lipinski definition) is 1. The quantitative estimate of drug-likeness (QED) is 0.424. The maximum Gasteiger partial charge on any atom is 0.216 e. The molecule has 27 heavy (non-hydrogen) atoms. The van der Waals surface area contributed by atoms with E-state index in [1.165, 1.54) is 11.0 Å². The number of benzene rings is 2. The van der Waals surface area contributed by atoms with Crippen LogP contribution in [0, 0.1) is 4.77 Å². The van der Waals surface area contributed by atoms with Gasteiger partial charge in [0, 0.05) is 15.6 Å². The number of aromatic nitrogens is 3. The molecule has 0 atom stereocenters. The summed E-state index contributed by atoms with van der Waals surface area (Å²) in [5.74, 6) is 1.19. The van der Waals surface area contributed by atoms with Gasteiger partial charge in [0.15, 0.2) is 11.5 Å². The van der Waals surface area contributed by atoms with Crippen molar-refractivity contribution in [3.05, 3.63) is 68.7 Å². The van der Waals surface area contributed by atoms with Gasteiger partial charge in [0.05, 0.1) is 12.8 Å². The molecule has 0 bridgehead atoms. The third kappa shape index (κ3) is 4.88. The van der Waals surface area contributed by atoms with Gasteiger partial charge < -0.3 is 9.47 Å². The number of ether oxygens (including phenoxy) is 2. The van der Waals surface area contributed by atoms with Crippen LogP contribution in [0.3, 0.4) is 0 Å². The van der Waals surface area contributed by atoms with Crippen LogP contribution in [-0.4, -0.2) is 27.7 Å². The topological polar surface area (TPSA) is 64.4 Å². The van der Waals surface area contributed by atoms with Crippen LogP contribution in [0.5, 0.6) is 11.5 Å². The van der Waals surface area contributed by atoms with Crippen LogP contribution < -0.4 is 9.47 Å². The highest BCUT2D eigenvalue weighted by atomic mass is 35.5. The first kappa shape index (κ1) is 19.4. The van der Waals surface area contributed by atoms with Gasteiger partial charge in [-0.25, -0.2) is 0 Å². The fraction of sp³-hybridized carbons (Fsp3) is 0.167. The standard InChI is InChI=1S/C18H16Cl2N4O2S/c1-2-25-17-8-12(9-22-24-11-21-23-18(24)27)6-7-16(17)26-10-13-14(19)4-3-5-15(13)20/h3-9,11H,2,10H2,1H3,(H,23,27)/b22-9-. The minimum absolute atomic E-state index is 0.232. The number of hydrogen-bond acceptors (Lipinski definition) is 5. The molecule has 0 spiro atoms.